The average Bonchev–Trinajstić information content (AvgIpc) is 3.28. The number of aromatic nitrogens is 1. The van der Waals surface area contributed by atoms with E-state index in [-0.39, 0.29) is 19.3 Å². The molecule has 2 heterocycles. The standard InChI is InChI=1S/C23H28N4O6/c1-13(21(31)27-18(28)9-10-19(27)29)25-20(30)17(26-22(32)33-23(2,3)4)11-14-12-24-16-8-6-5-7-15(14)16/h5-8,12-13,17,24H,9-11H2,1-4H3,(H,25,30)(H,26,32)/t13-,17-/m0/s1. The first-order valence-electron chi connectivity index (χ1n) is 10.7. The van der Waals surface area contributed by atoms with Crippen LogP contribution in [0, 0.1) is 0 Å². The number of amides is 5. The van der Waals surface area contributed by atoms with Crippen LogP contribution in [-0.4, -0.2) is 57.3 Å². The number of para-hydroxylation sites is 1. The Hall–Kier alpha value is -3.69. The van der Waals surface area contributed by atoms with E-state index in [1.165, 1.54) is 6.92 Å². The summed E-state index contributed by atoms with van der Waals surface area (Å²) in [5, 5.41) is 5.96. The summed E-state index contributed by atoms with van der Waals surface area (Å²) in [7, 11) is 0. The van der Waals surface area contributed by atoms with E-state index < -0.39 is 47.4 Å². The maximum absolute atomic E-state index is 13.1. The van der Waals surface area contributed by atoms with Crippen molar-refractivity contribution in [1.82, 2.24) is 20.5 Å². The minimum Gasteiger partial charge on any atom is -0.444 e. The van der Waals surface area contributed by atoms with Gasteiger partial charge >= 0.3 is 6.09 Å². The second-order valence-electron chi connectivity index (χ2n) is 8.95. The van der Waals surface area contributed by atoms with Crippen molar-refractivity contribution < 1.29 is 28.7 Å². The molecule has 1 fully saturated rings. The maximum atomic E-state index is 13.1. The van der Waals surface area contributed by atoms with Gasteiger partial charge in [-0.2, -0.15) is 0 Å². The van der Waals surface area contributed by atoms with Crippen molar-refractivity contribution in [1.29, 1.82) is 0 Å². The normalized spacial score (nSPS) is 15.9. The van der Waals surface area contributed by atoms with E-state index in [0.29, 0.717) is 4.90 Å². The van der Waals surface area contributed by atoms with Crippen LogP contribution in [0.25, 0.3) is 10.9 Å². The second-order valence-corrected chi connectivity index (χ2v) is 8.95. The molecule has 3 N–H and O–H groups in total. The number of rotatable bonds is 6. The van der Waals surface area contributed by atoms with E-state index in [9.17, 15) is 24.0 Å². The molecule has 5 amide bonds. The average molecular weight is 456 g/mol. The number of imide groups is 3. The fourth-order valence-corrected chi connectivity index (χ4v) is 3.57. The number of alkyl carbamates (subject to hydrolysis) is 1. The number of aromatic amines is 1. The van der Waals surface area contributed by atoms with Crippen molar-refractivity contribution in [3.8, 4) is 0 Å². The quantitative estimate of drug-likeness (QED) is 0.567. The van der Waals surface area contributed by atoms with E-state index in [4.69, 9.17) is 4.74 Å². The number of H-pyrrole nitrogens is 1. The van der Waals surface area contributed by atoms with E-state index in [1.54, 1.807) is 27.0 Å². The molecule has 1 aliphatic rings. The van der Waals surface area contributed by atoms with Crippen LogP contribution in [0.5, 0.6) is 0 Å². The highest BCUT2D eigenvalue weighted by molar-refractivity contribution is 6.16. The molecule has 1 saturated heterocycles. The summed E-state index contributed by atoms with van der Waals surface area (Å²) < 4.78 is 5.28. The Bertz CT molecular complexity index is 1080. The summed E-state index contributed by atoms with van der Waals surface area (Å²) in [5.74, 6) is -2.63. The van der Waals surface area contributed by atoms with Gasteiger partial charge in [-0.05, 0) is 39.3 Å². The number of nitrogens with one attached hydrogen (secondary N) is 3. The van der Waals surface area contributed by atoms with E-state index >= 15 is 0 Å². The summed E-state index contributed by atoms with van der Waals surface area (Å²) >= 11 is 0. The van der Waals surface area contributed by atoms with Crippen LogP contribution in [-0.2, 0) is 30.3 Å². The van der Waals surface area contributed by atoms with Crippen molar-refractivity contribution >= 4 is 40.6 Å². The Balaban J connectivity index is 1.77. The van der Waals surface area contributed by atoms with Crippen LogP contribution in [0.15, 0.2) is 30.5 Å². The number of likely N-dealkylation sites (tertiary alicyclic amines) is 1. The molecule has 2 aromatic rings. The number of nitrogens with zero attached hydrogens (tertiary/aromatic N) is 1. The largest absolute Gasteiger partial charge is 0.444 e. The first-order chi connectivity index (χ1) is 15.5. The zero-order chi connectivity index (χ0) is 24.3. The van der Waals surface area contributed by atoms with Gasteiger partial charge in [-0.25, -0.2) is 9.69 Å². The number of hydrogen-bond donors (Lipinski definition) is 3. The highest BCUT2D eigenvalue weighted by Crippen LogP contribution is 2.20. The van der Waals surface area contributed by atoms with Gasteiger partial charge in [0.1, 0.15) is 17.7 Å². The number of ether oxygens (including phenoxy) is 1. The Morgan fingerprint density at radius 1 is 1.09 bits per heavy atom. The van der Waals surface area contributed by atoms with E-state index in [1.807, 2.05) is 24.3 Å². The van der Waals surface area contributed by atoms with Crippen LogP contribution in [0.4, 0.5) is 4.79 Å². The Kier molecular flexibility index (Phi) is 6.85. The van der Waals surface area contributed by atoms with Crippen molar-refractivity contribution in [2.24, 2.45) is 0 Å². The summed E-state index contributed by atoms with van der Waals surface area (Å²) in [4.78, 5) is 65.4. The highest BCUT2D eigenvalue weighted by Gasteiger charge is 2.38. The molecule has 0 unspecified atom stereocenters. The number of benzene rings is 1. The van der Waals surface area contributed by atoms with E-state index in [0.717, 1.165) is 16.5 Å². The van der Waals surface area contributed by atoms with Gasteiger partial charge in [0, 0.05) is 36.4 Å². The lowest BCUT2D eigenvalue weighted by Crippen LogP contribution is -2.55. The van der Waals surface area contributed by atoms with Gasteiger partial charge in [0.15, 0.2) is 0 Å². The SMILES string of the molecule is C[C@H](NC(=O)[C@H](Cc1c[nH]c2ccccc12)NC(=O)OC(C)(C)C)C(=O)N1C(=O)CCC1=O. The number of carbonyl (C=O) groups is 5. The molecule has 2 atom stereocenters. The van der Waals surface area contributed by atoms with E-state index in [2.05, 4.69) is 15.6 Å². The first-order valence-corrected chi connectivity index (χ1v) is 10.7. The lowest BCUT2D eigenvalue weighted by atomic mass is 10.0. The number of carbonyl (C=O) groups excluding carboxylic acids is 5. The molecule has 10 heteroatoms. The second kappa shape index (κ2) is 9.43. The van der Waals surface area contributed by atoms with Gasteiger partial charge in [-0.1, -0.05) is 18.2 Å². The molecular weight excluding hydrogens is 428 g/mol. The molecule has 33 heavy (non-hydrogen) atoms. The monoisotopic (exact) mass is 456 g/mol. The first kappa shape index (κ1) is 24.0. The molecule has 10 nitrogen and oxygen atoms in total. The van der Waals surface area contributed by atoms with Crippen LogP contribution in [0.3, 0.4) is 0 Å². The van der Waals surface area contributed by atoms with Crippen molar-refractivity contribution in [3.05, 3.63) is 36.0 Å². The fraction of sp³-hybridized carbons (Fsp3) is 0.435. The molecule has 1 aliphatic heterocycles. The molecule has 0 saturated carbocycles. The van der Waals surface area contributed by atoms with Gasteiger partial charge in [0.2, 0.25) is 17.7 Å². The molecule has 1 aromatic heterocycles. The predicted octanol–water partition coefficient (Wildman–Crippen LogP) is 1.78. The summed E-state index contributed by atoms with van der Waals surface area (Å²) in [6.45, 7) is 6.49. The number of hydrogen-bond acceptors (Lipinski definition) is 6. The smallest absolute Gasteiger partial charge is 0.408 e. The lowest BCUT2D eigenvalue weighted by molar-refractivity contribution is -0.151. The zero-order valence-corrected chi connectivity index (χ0v) is 19.1. The van der Waals surface area contributed by atoms with Crippen molar-refractivity contribution in [2.45, 2.75) is 64.6 Å². The van der Waals surface area contributed by atoms with Crippen LogP contribution in [0.1, 0.15) is 46.1 Å². The van der Waals surface area contributed by atoms with Crippen molar-refractivity contribution in [3.63, 3.8) is 0 Å². The van der Waals surface area contributed by atoms with Gasteiger partial charge < -0.3 is 20.4 Å². The Morgan fingerprint density at radius 2 is 1.73 bits per heavy atom. The topological polar surface area (TPSA) is 138 Å². The Labute approximate surface area is 191 Å². The molecule has 3 rings (SSSR count). The third-order valence-corrected chi connectivity index (χ3v) is 5.11. The molecule has 0 spiro atoms. The minimum atomic E-state index is -1.14. The zero-order valence-electron chi connectivity index (χ0n) is 19.1. The molecular formula is C23H28N4O6. The van der Waals surface area contributed by atoms with Gasteiger partial charge in [0.25, 0.3) is 5.91 Å². The third-order valence-electron chi connectivity index (χ3n) is 5.11. The third kappa shape index (κ3) is 5.76. The lowest BCUT2D eigenvalue weighted by Gasteiger charge is -2.25. The van der Waals surface area contributed by atoms with Crippen molar-refractivity contribution in [2.75, 3.05) is 0 Å². The van der Waals surface area contributed by atoms with Gasteiger partial charge in [0.05, 0.1) is 0 Å². The van der Waals surface area contributed by atoms with Gasteiger partial charge in [-0.3, -0.25) is 19.2 Å². The molecule has 0 radical (unpaired) electrons. The fourth-order valence-electron chi connectivity index (χ4n) is 3.57. The number of fused-ring (bicyclic) bond motifs is 1. The molecule has 176 valence electrons. The maximum Gasteiger partial charge on any atom is 0.408 e. The van der Waals surface area contributed by atoms with Crippen LogP contribution >= 0.6 is 0 Å². The summed E-state index contributed by atoms with van der Waals surface area (Å²) in [6.07, 6.45) is 1.02. The molecule has 0 aliphatic carbocycles. The summed E-state index contributed by atoms with van der Waals surface area (Å²) in [6, 6.07) is 5.30. The van der Waals surface area contributed by atoms with Gasteiger partial charge in [-0.15, -0.1) is 0 Å². The van der Waals surface area contributed by atoms with Crippen LogP contribution < -0.4 is 10.6 Å². The minimum absolute atomic E-state index is 0.0331. The van der Waals surface area contributed by atoms with Crippen LogP contribution in [0.2, 0.25) is 0 Å². The molecule has 0 bridgehead atoms. The predicted molar refractivity (Wildman–Crippen MR) is 119 cm³/mol. The Morgan fingerprint density at radius 3 is 2.36 bits per heavy atom. The summed E-state index contributed by atoms with van der Waals surface area (Å²) in [5.41, 5.74) is 0.884. The highest BCUT2D eigenvalue weighted by atomic mass is 16.6. The molecule has 1 aromatic carbocycles.